The number of anilines is 1. The predicted molar refractivity (Wildman–Crippen MR) is 145 cm³/mol. The zero-order valence-corrected chi connectivity index (χ0v) is 22.9. The van der Waals surface area contributed by atoms with Crippen LogP contribution in [-0.4, -0.2) is 72.5 Å². The molecule has 1 fully saturated rings. The second-order valence-corrected chi connectivity index (χ2v) is 11.0. The third-order valence-electron chi connectivity index (χ3n) is 6.10. The summed E-state index contributed by atoms with van der Waals surface area (Å²) in [4.78, 5) is 29.7. The van der Waals surface area contributed by atoms with Crippen LogP contribution in [0.15, 0.2) is 81.6 Å². The second kappa shape index (κ2) is 11.3. The Kier molecular flexibility index (Phi) is 7.81. The molecule has 1 aliphatic heterocycles. The number of halogens is 1. The lowest BCUT2D eigenvalue weighted by Gasteiger charge is -2.22. The van der Waals surface area contributed by atoms with Gasteiger partial charge in [0.05, 0.1) is 17.8 Å². The van der Waals surface area contributed by atoms with E-state index < -0.39 is 34.6 Å². The number of hydrogen-bond donors (Lipinski definition) is 1. The quantitative estimate of drug-likeness (QED) is 0.221. The molecular weight excluding hydrogens is 592 g/mol. The Bertz CT molecular complexity index is 1600. The number of imidazole rings is 1. The maximum absolute atomic E-state index is 13.2. The van der Waals surface area contributed by atoms with E-state index in [4.69, 9.17) is 13.7 Å². The molecule has 2 aromatic heterocycles. The first kappa shape index (κ1) is 27.0. The third kappa shape index (κ3) is 5.46. The van der Waals surface area contributed by atoms with Gasteiger partial charge in [0.15, 0.2) is 23.2 Å². The van der Waals surface area contributed by atoms with Gasteiger partial charge < -0.3 is 14.8 Å². The molecule has 0 radical (unpaired) electrons. The fraction of sp³-hybridized carbons (Fsp3) is 0.240. The number of aliphatic imine (C=N–C) groups is 1. The number of nitrogens with zero attached hydrogens (tertiary/aromatic N) is 5. The zero-order valence-electron chi connectivity index (χ0n) is 20.5. The molecule has 14 heteroatoms. The largest absolute Gasteiger partial charge is 0.382 e. The number of rotatable bonds is 9. The van der Waals surface area contributed by atoms with Crippen LogP contribution in [0, 0.1) is 0 Å². The summed E-state index contributed by atoms with van der Waals surface area (Å²) in [6, 6.07) is 13.9. The van der Waals surface area contributed by atoms with Gasteiger partial charge in [-0.1, -0.05) is 34.1 Å². The fourth-order valence-corrected chi connectivity index (χ4v) is 5.62. The van der Waals surface area contributed by atoms with E-state index in [0.29, 0.717) is 10.0 Å². The van der Waals surface area contributed by atoms with E-state index in [0.717, 1.165) is 0 Å². The molecule has 5 rings (SSSR count). The summed E-state index contributed by atoms with van der Waals surface area (Å²) in [5.41, 5.74) is 1.00. The summed E-state index contributed by atoms with van der Waals surface area (Å²) in [5.74, 6) is -0.197. The molecule has 0 aliphatic carbocycles. The summed E-state index contributed by atoms with van der Waals surface area (Å²) >= 11 is 3.30. The van der Waals surface area contributed by atoms with Crippen LogP contribution in [0.25, 0.3) is 11.2 Å². The molecule has 4 atom stereocenters. The smallest absolute Gasteiger partial charge is 0.297 e. The second-order valence-electron chi connectivity index (χ2n) is 8.53. The SMILES string of the molecule is C=N[C@H]1[C@@H](OS(=O)(=O)c2ccc(Br)cc2)[C@H](n2cnc3c(NC(=O)c4ccccc4)ncnc32)O[C@@H]1COC. The number of amides is 1. The van der Waals surface area contributed by atoms with Crippen molar-refractivity contribution < 1.29 is 26.9 Å². The monoisotopic (exact) mass is 614 g/mol. The summed E-state index contributed by atoms with van der Waals surface area (Å²) in [6.07, 6.45) is -0.144. The Hall–Kier alpha value is -3.56. The van der Waals surface area contributed by atoms with Gasteiger partial charge in [-0.15, -0.1) is 0 Å². The predicted octanol–water partition coefficient (Wildman–Crippen LogP) is 3.23. The first-order valence-electron chi connectivity index (χ1n) is 11.7. The molecule has 12 nitrogen and oxygen atoms in total. The third-order valence-corrected chi connectivity index (χ3v) is 7.95. The highest BCUT2D eigenvalue weighted by atomic mass is 79.9. The fourth-order valence-electron chi connectivity index (χ4n) is 4.27. The van der Waals surface area contributed by atoms with Gasteiger partial charge in [-0.25, -0.2) is 15.0 Å². The first-order valence-corrected chi connectivity index (χ1v) is 13.9. The van der Waals surface area contributed by atoms with Crippen molar-refractivity contribution in [1.82, 2.24) is 19.5 Å². The molecule has 3 heterocycles. The van der Waals surface area contributed by atoms with Gasteiger partial charge in [0, 0.05) is 17.1 Å². The zero-order chi connectivity index (χ0) is 27.6. The minimum Gasteiger partial charge on any atom is -0.382 e. The number of hydrogen-bond acceptors (Lipinski definition) is 10. The number of fused-ring (bicyclic) bond motifs is 1. The Balaban J connectivity index is 1.51. The molecule has 0 saturated carbocycles. The standard InChI is InChI=1S/C25H23BrN6O6S/c1-27-19-18(12-36-2)37-25(21(19)38-39(34,35)17-10-8-16(26)9-11-17)32-14-30-20-22(28-13-29-23(20)32)31-24(33)15-6-4-3-5-7-15/h3-11,13-14,18-19,21,25H,1,12H2,2H3,(H,28,29,31,33)/t18-,19-,21-,25-/m1/s1. The topological polar surface area (TPSA) is 147 Å². The minimum atomic E-state index is -4.23. The number of ether oxygens (including phenoxy) is 2. The number of carbonyl (C=O) groups excluding carboxylic acids is 1. The lowest BCUT2D eigenvalue weighted by Crippen LogP contribution is -2.36. The van der Waals surface area contributed by atoms with E-state index in [1.807, 2.05) is 0 Å². The van der Waals surface area contributed by atoms with Crippen LogP contribution in [-0.2, 0) is 23.8 Å². The highest BCUT2D eigenvalue weighted by molar-refractivity contribution is 9.10. The summed E-state index contributed by atoms with van der Waals surface area (Å²) in [7, 11) is -2.73. The summed E-state index contributed by atoms with van der Waals surface area (Å²) < 4.78 is 45.9. The molecule has 202 valence electrons. The lowest BCUT2D eigenvalue weighted by molar-refractivity contribution is -0.0495. The number of benzene rings is 2. The van der Waals surface area contributed by atoms with Crippen molar-refractivity contribution in [3.8, 4) is 0 Å². The van der Waals surface area contributed by atoms with Crippen molar-refractivity contribution in [2.24, 2.45) is 4.99 Å². The minimum absolute atomic E-state index is 0.0359. The van der Waals surface area contributed by atoms with Crippen LogP contribution in [0.3, 0.4) is 0 Å². The van der Waals surface area contributed by atoms with Crippen LogP contribution in [0.4, 0.5) is 5.82 Å². The maximum atomic E-state index is 13.2. The van der Waals surface area contributed by atoms with Crippen molar-refractivity contribution in [2.45, 2.75) is 29.4 Å². The van der Waals surface area contributed by atoms with E-state index in [1.165, 1.54) is 36.5 Å². The summed E-state index contributed by atoms with van der Waals surface area (Å²) in [6.45, 7) is 3.74. The number of nitrogens with one attached hydrogen (secondary N) is 1. The van der Waals surface area contributed by atoms with Gasteiger partial charge in [0.25, 0.3) is 16.0 Å². The van der Waals surface area contributed by atoms with Crippen LogP contribution in [0.5, 0.6) is 0 Å². The van der Waals surface area contributed by atoms with Gasteiger partial charge in [-0.3, -0.25) is 18.5 Å². The molecule has 1 saturated heterocycles. The highest BCUT2D eigenvalue weighted by Crippen LogP contribution is 2.37. The van der Waals surface area contributed by atoms with E-state index in [9.17, 15) is 13.2 Å². The van der Waals surface area contributed by atoms with Crippen molar-refractivity contribution in [3.63, 3.8) is 0 Å². The molecule has 2 aromatic carbocycles. The molecule has 0 spiro atoms. The lowest BCUT2D eigenvalue weighted by atomic mass is 10.1. The average Bonchev–Trinajstić information content (AvgIpc) is 3.51. The normalized spacial score (nSPS) is 21.2. The molecule has 39 heavy (non-hydrogen) atoms. The molecule has 0 bridgehead atoms. The molecule has 4 aromatic rings. The highest BCUT2D eigenvalue weighted by Gasteiger charge is 2.49. The van der Waals surface area contributed by atoms with Gasteiger partial charge in [-0.2, -0.15) is 8.42 Å². The first-order chi connectivity index (χ1) is 18.8. The van der Waals surface area contributed by atoms with Crippen molar-refractivity contribution >= 4 is 55.7 Å². The van der Waals surface area contributed by atoms with Crippen LogP contribution in [0.1, 0.15) is 16.6 Å². The van der Waals surface area contributed by atoms with E-state index in [-0.39, 0.29) is 34.4 Å². The number of carbonyl (C=O) groups is 1. The molecule has 0 unspecified atom stereocenters. The number of methoxy groups -OCH3 is 1. The van der Waals surface area contributed by atoms with Gasteiger partial charge in [0.1, 0.15) is 24.6 Å². The van der Waals surface area contributed by atoms with Crippen molar-refractivity contribution in [1.29, 1.82) is 0 Å². The van der Waals surface area contributed by atoms with Crippen molar-refractivity contribution in [3.05, 3.63) is 77.3 Å². The Morgan fingerprint density at radius 3 is 2.59 bits per heavy atom. The molecule has 1 amide bonds. The summed E-state index contributed by atoms with van der Waals surface area (Å²) in [5, 5.41) is 2.74. The van der Waals surface area contributed by atoms with Crippen LogP contribution < -0.4 is 5.32 Å². The van der Waals surface area contributed by atoms with Gasteiger partial charge in [-0.05, 0) is 43.1 Å². The Labute approximate surface area is 232 Å². The van der Waals surface area contributed by atoms with Crippen LogP contribution in [0.2, 0.25) is 0 Å². The maximum Gasteiger partial charge on any atom is 0.297 e. The van der Waals surface area contributed by atoms with Gasteiger partial charge >= 0.3 is 0 Å². The van der Waals surface area contributed by atoms with Gasteiger partial charge in [0.2, 0.25) is 0 Å². The molecular formula is C25H23BrN6O6S. The molecule has 1 N–H and O–H groups in total. The van der Waals surface area contributed by atoms with Crippen LogP contribution >= 0.6 is 15.9 Å². The van der Waals surface area contributed by atoms with E-state index in [2.05, 4.69) is 47.9 Å². The van der Waals surface area contributed by atoms with Crippen molar-refractivity contribution in [2.75, 3.05) is 19.0 Å². The Morgan fingerprint density at radius 2 is 1.90 bits per heavy atom. The van der Waals surface area contributed by atoms with E-state index in [1.54, 1.807) is 42.5 Å². The Morgan fingerprint density at radius 1 is 1.15 bits per heavy atom. The average molecular weight is 615 g/mol. The molecule has 1 aliphatic rings. The number of aromatic nitrogens is 4. The van der Waals surface area contributed by atoms with E-state index >= 15 is 0 Å².